The number of anilines is 4. The molecule has 9 aliphatic rings. The van der Waals surface area contributed by atoms with Crippen molar-refractivity contribution in [1.82, 2.24) is 39.4 Å². The fourth-order valence-electron chi connectivity index (χ4n) is 16.9. The molecule has 0 aliphatic carbocycles. The number of rotatable bonds is 13. The van der Waals surface area contributed by atoms with E-state index in [9.17, 15) is 37.1 Å². The molecular weight excluding hydrogens is 1240 g/mol. The lowest BCUT2D eigenvalue weighted by atomic mass is 9.74. The lowest BCUT2D eigenvalue weighted by Gasteiger charge is -2.45. The van der Waals surface area contributed by atoms with Gasteiger partial charge in [0.25, 0.3) is 0 Å². The van der Waals surface area contributed by atoms with E-state index >= 15 is 0 Å². The van der Waals surface area contributed by atoms with E-state index in [2.05, 4.69) is 46.3 Å². The second kappa shape index (κ2) is 32.0. The van der Waals surface area contributed by atoms with Crippen molar-refractivity contribution in [3.63, 3.8) is 0 Å². The summed E-state index contributed by atoms with van der Waals surface area (Å²) in [5.41, 5.74) is 6.89. The molecule has 0 bridgehead atoms. The minimum Gasteiger partial charge on any atom is -0.450 e. The molecular formula is C74H98F3N11O9. The number of fused-ring (bicyclic) bond motifs is 6. The van der Waals surface area contributed by atoms with Crippen LogP contribution in [0.1, 0.15) is 134 Å². The number of hydrogen-bond donors (Lipinski definition) is 0. The SMILES string of the molecule is CC#CCOC(=O)N1CCC(N2CCC3(CC2)CN(CCOC)c2ccc(F)cc23)CC1.CCOC(=O)N1CCC(N2CCC3(CC2)CN(C(=O)CCC(C)=O)c2ccc(F)cc23)CC1.CCOC(=O)N1CCC(N2CCC3(CC2)CN(c2cncnc2)c2ccc(F)cc23)CC1. The Kier molecular flexibility index (Phi) is 23.3. The highest BCUT2D eigenvalue weighted by Crippen LogP contribution is 2.52. The smallest absolute Gasteiger partial charge is 0.410 e. The molecule has 0 saturated carbocycles. The molecule has 9 aliphatic heterocycles. The fraction of sp³-hybridized carbons (Fsp3) is 0.608. The number of hydrogen-bond acceptors (Lipinski definition) is 16. The summed E-state index contributed by atoms with van der Waals surface area (Å²) in [6, 6.07) is 16.6. The largest absolute Gasteiger partial charge is 0.450 e. The minimum atomic E-state index is -0.278. The first-order valence-electron chi connectivity index (χ1n) is 35.3. The normalized spacial score (nSPS) is 20.8. The molecule has 23 heteroatoms. The first-order chi connectivity index (χ1) is 47.0. The zero-order valence-electron chi connectivity index (χ0n) is 57.4. The molecule has 0 N–H and O–H groups in total. The van der Waals surface area contributed by atoms with Gasteiger partial charge < -0.3 is 67.8 Å². The Bertz CT molecular complexity index is 3440. The number of piperidine rings is 6. The van der Waals surface area contributed by atoms with Gasteiger partial charge in [-0.15, -0.1) is 5.92 Å². The molecule has 97 heavy (non-hydrogen) atoms. The van der Waals surface area contributed by atoms with Gasteiger partial charge in [0.2, 0.25) is 5.91 Å². The van der Waals surface area contributed by atoms with Gasteiger partial charge in [-0.25, -0.2) is 37.5 Å². The Hall–Kier alpha value is -7.52. The van der Waals surface area contributed by atoms with Crippen LogP contribution >= 0.6 is 0 Å². The highest BCUT2D eigenvalue weighted by Gasteiger charge is 2.50. The number of likely N-dealkylation sites (tertiary alicyclic amines) is 6. The Balaban J connectivity index is 0.000000148. The van der Waals surface area contributed by atoms with Crippen LogP contribution in [0.4, 0.5) is 50.3 Å². The van der Waals surface area contributed by atoms with Crippen molar-refractivity contribution in [2.45, 2.75) is 152 Å². The number of halogens is 3. The van der Waals surface area contributed by atoms with Crippen LogP contribution in [0.2, 0.25) is 0 Å². The average Bonchev–Trinajstić information content (AvgIpc) is 1.62. The monoisotopic (exact) mass is 1340 g/mol. The van der Waals surface area contributed by atoms with Crippen LogP contribution in [-0.2, 0) is 44.8 Å². The number of Topliss-reactive ketones (excluding diaryl/α,β-unsaturated/α-hetero) is 1. The molecule has 4 aromatic rings. The van der Waals surface area contributed by atoms with Crippen molar-refractivity contribution in [2.24, 2.45) is 0 Å². The van der Waals surface area contributed by atoms with E-state index in [0.29, 0.717) is 57.6 Å². The molecule has 3 spiro atoms. The molecule has 1 aromatic heterocycles. The molecule has 6 saturated heterocycles. The molecule has 6 fully saturated rings. The number of benzene rings is 3. The van der Waals surface area contributed by atoms with E-state index in [1.165, 1.54) is 24.9 Å². The van der Waals surface area contributed by atoms with Crippen molar-refractivity contribution in [1.29, 1.82) is 0 Å². The van der Waals surface area contributed by atoms with Crippen LogP contribution in [0.25, 0.3) is 0 Å². The van der Waals surface area contributed by atoms with E-state index in [4.69, 9.17) is 18.9 Å². The van der Waals surface area contributed by atoms with Gasteiger partial charge in [0.05, 0.1) is 37.9 Å². The zero-order chi connectivity index (χ0) is 68.3. The van der Waals surface area contributed by atoms with Crippen LogP contribution in [0.3, 0.4) is 0 Å². The van der Waals surface area contributed by atoms with E-state index < -0.39 is 0 Å². The second-order valence-electron chi connectivity index (χ2n) is 27.7. The highest BCUT2D eigenvalue weighted by molar-refractivity contribution is 5.98. The Labute approximate surface area is 570 Å². The maximum absolute atomic E-state index is 14.3. The first-order valence-corrected chi connectivity index (χ1v) is 35.3. The van der Waals surface area contributed by atoms with Gasteiger partial charge in [0, 0.05) is 137 Å². The van der Waals surface area contributed by atoms with Crippen LogP contribution in [0.15, 0.2) is 73.3 Å². The van der Waals surface area contributed by atoms with Gasteiger partial charge in [-0.1, -0.05) is 5.92 Å². The van der Waals surface area contributed by atoms with Gasteiger partial charge in [-0.05, 0) is 215 Å². The molecule has 13 rings (SSSR count). The maximum Gasteiger partial charge on any atom is 0.410 e. The maximum atomic E-state index is 14.3. The molecule has 524 valence electrons. The van der Waals surface area contributed by atoms with Crippen LogP contribution < -0.4 is 14.7 Å². The summed E-state index contributed by atoms with van der Waals surface area (Å²) in [5.74, 6) is 4.83. The summed E-state index contributed by atoms with van der Waals surface area (Å²) < 4.78 is 63.4. The highest BCUT2D eigenvalue weighted by atomic mass is 19.1. The molecule has 0 atom stereocenters. The number of ketones is 1. The van der Waals surface area contributed by atoms with E-state index in [1.54, 1.807) is 65.1 Å². The number of methoxy groups -OCH3 is 1. The van der Waals surface area contributed by atoms with Gasteiger partial charge in [0.15, 0.2) is 6.61 Å². The summed E-state index contributed by atoms with van der Waals surface area (Å²) in [5, 5.41) is 0. The predicted molar refractivity (Wildman–Crippen MR) is 365 cm³/mol. The first kappa shape index (κ1) is 70.8. The molecule has 0 unspecified atom stereocenters. The summed E-state index contributed by atoms with van der Waals surface area (Å²) in [7, 11) is 1.72. The third-order valence-electron chi connectivity index (χ3n) is 22.3. The topological polar surface area (TPSA) is 177 Å². The number of carbonyl (C=O) groups is 5. The minimum absolute atomic E-state index is 0.00102. The van der Waals surface area contributed by atoms with Crippen LogP contribution in [0, 0.1) is 29.3 Å². The zero-order valence-corrected chi connectivity index (χ0v) is 57.4. The number of aromatic nitrogens is 2. The van der Waals surface area contributed by atoms with Crippen LogP contribution in [-0.4, -0.2) is 226 Å². The summed E-state index contributed by atoms with van der Waals surface area (Å²) in [6.45, 7) is 21.8. The molecule has 10 heterocycles. The third-order valence-corrected chi connectivity index (χ3v) is 22.3. The van der Waals surface area contributed by atoms with Gasteiger partial charge in [0.1, 0.15) is 29.6 Å². The van der Waals surface area contributed by atoms with Crippen molar-refractivity contribution >= 4 is 52.7 Å². The summed E-state index contributed by atoms with van der Waals surface area (Å²) in [6.07, 6.45) is 16.4. The summed E-state index contributed by atoms with van der Waals surface area (Å²) >= 11 is 0. The number of nitrogens with zero attached hydrogens (tertiary/aromatic N) is 11. The van der Waals surface area contributed by atoms with E-state index in [-0.39, 0.29) is 83.1 Å². The molecule has 4 amide bonds. The van der Waals surface area contributed by atoms with Gasteiger partial charge >= 0.3 is 18.3 Å². The average molecular weight is 1340 g/mol. The predicted octanol–water partition coefficient (Wildman–Crippen LogP) is 10.5. The fourth-order valence-corrected chi connectivity index (χ4v) is 16.9. The lowest BCUT2D eigenvalue weighted by Crippen LogP contribution is -2.52. The Morgan fingerprint density at radius 1 is 0.536 bits per heavy atom. The standard InChI is InChI=1S/C25H34FN3O4.C25H34FN3O3.C24H30FN5O2/c1-3-33-24(32)28-12-8-20(9-13-28)27-14-10-25(11-15-27)17-29(23(31)7-4-18(2)30)22-6-5-19(26)16-21(22)25;1-3-4-16-32-24(30)28-11-7-21(8-12-28)27-13-9-25(10-14-27)19-29(15-17-31-2)23-6-5-20(26)18-22(23)25;1-2-32-23(31)29-9-5-19(6-10-29)28-11-7-24(8-12-28)16-30(20-14-26-17-27-15-20)22-4-3-18(25)13-21(22)24/h5-6,16,20H,3-4,7-15,17H2,1-2H3;5-6,18,21H,7-17,19H2,1-2H3;3-4,13-15,17,19H,2,5-12,16H2,1H3. The van der Waals surface area contributed by atoms with E-state index in [1.807, 2.05) is 43.3 Å². The molecule has 20 nitrogen and oxygen atoms in total. The van der Waals surface area contributed by atoms with Gasteiger partial charge in [-0.3, -0.25) is 4.79 Å². The number of carbonyl (C=O) groups excluding carboxylic acids is 5. The Morgan fingerprint density at radius 2 is 0.948 bits per heavy atom. The van der Waals surface area contributed by atoms with Crippen molar-refractivity contribution < 1.29 is 56.1 Å². The summed E-state index contributed by atoms with van der Waals surface area (Å²) in [4.78, 5) is 88.2. The number of ether oxygens (including phenoxy) is 4. The van der Waals surface area contributed by atoms with Crippen molar-refractivity contribution in [3.8, 4) is 11.8 Å². The molecule has 3 aromatic carbocycles. The number of amides is 4. The molecule has 0 radical (unpaired) electrons. The van der Waals surface area contributed by atoms with Crippen LogP contribution in [0.5, 0.6) is 0 Å². The second-order valence-corrected chi connectivity index (χ2v) is 27.7. The quantitative estimate of drug-likeness (QED) is 0.0911. The Morgan fingerprint density at radius 3 is 1.39 bits per heavy atom. The van der Waals surface area contributed by atoms with Crippen molar-refractivity contribution in [2.75, 3.05) is 153 Å². The van der Waals surface area contributed by atoms with E-state index in [0.717, 1.165) is 196 Å². The van der Waals surface area contributed by atoms with Gasteiger partial charge in [-0.2, -0.15) is 0 Å². The lowest BCUT2D eigenvalue weighted by molar-refractivity contribution is -0.123. The van der Waals surface area contributed by atoms with Crippen molar-refractivity contribution in [3.05, 3.63) is 107 Å². The third kappa shape index (κ3) is 16.1.